The van der Waals surface area contributed by atoms with Gasteiger partial charge in [-0.2, -0.15) is 0 Å². The first-order chi connectivity index (χ1) is 8.31. The molecule has 0 radical (unpaired) electrons. The molecule has 1 N–H and O–H groups in total. The van der Waals surface area contributed by atoms with E-state index in [1.807, 2.05) is 33.8 Å². The topological polar surface area (TPSA) is 41.6 Å². The minimum atomic E-state index is -0.142. The van der Waals surface area contributed by atoms with Crippen molar-refractivity contribution in [3.8, 4) is 0 Å². The molecule has 1 aliphatic heterocycles. The second-order valence-electron chi connectivity index (χ2n) is 5.66. The van der Waals surface area contributed by atoms with Crippen LogP contribution in [0, 0.1) is 0 Å². The Kier molecular flexibility index (Phi) is 4.96. The van der Waals surface area contributed by atoms with Crippen LogP contribution in [0.5, 0.6) is 0 Å². The Morgan fingerprint density at radius 1 is 1.50 bits per heavy atom. The van der Waals surface area contributed by atoms with Crippen LogP contribution in [0.3, 0.4) is 0 Å². The highest BCUT2D eigenvalue weighted by molar-refractivity contribution is 5.75. The predicted octanol–water partition coefficient (Wildman–Crippen LogP) is 2.33. The van der Waals surface area contributed by atoms with Gasteiger partial charge < -0.3 is 15.0 Å². The van der Waals surface area contributed by atoms with E-state index in [-0.39, 0.29) is 17.7 Å². The number of likely N-dealkylation sites (tertiary alicyclic amines) is 1. The molecule has 0 aromatic rings. The highest BCUT2D eigenvalue weighted by Crippen LogP contribution is 2.18. The van der Waals surface area contributed by atoms with Crippen LogP contribution >= 0.6 is 0 Å². The summed E-state index contributed by atoms with van der Waals surface area (Å²) >= 11 is 0. The third kappa shape index (κ3) is 4.92. The Hall–Kier alpha value is -1.29. The summed E-state index contributed by atoms with van der Waals surface area (Å²) in [7, 11) is 0. The van der Waals surface area contributed by atoms with Crippen molar-refractivity contribution in [3.63, 3.8) is 0 Å². The molecule has 0 unspecified atom stereocenters. The quantitative estimate of drug-likeness (QED) is 0.780. The first kappa shape index (κ1) is 14.8. The van der Waals surface area contributed by atoms with E-state index in [1.165, 1.54) is 0 Å². The molecule has 2 amide bonds. The maximum absolute atomic E-state index is 11.8. The van der Waals surface area contributed by atoms with Crippen molar-refractivity contribution in [2.45, 2.75) is 39.4 Å². The zero-order valence-corrected chi connectivity index (χ0v) is 11.8. The fourth-order valence-corrected chi connectivity index (χ4v) is 1.77. The Labute approximate surface area is 110 Å². The molecule has 4 nitrogen and oxygen atoms in total. The van der Waals surface area contributed by atoms with Gasteiger partial charge in [-0.05, 0) is 27.7 Å². The van der Waals surface area contributed by atoms with Crippen LogP contribution < -0.4 is 5.32 Å². The second-order valence-corrected chi connectivity index (χ2v) is 5.66. The number of rotatable bonds is 4. The number of allylic oxidation sites excluding steroid dienone is 2. The number of nitrogens with zero attached hydrogens (tertiary/aromatic N) is 1. The van der Waals surface area contributed by atoms with Gasteiger partial charge >= 0.3 is 6.03 Å². The van der Waals surface area contributed by atoms with Crippen LogP contribution in [0.4, 0.5) is 4.79 Å². The number of amides is 2. The minimum Gasteiger partial charge on any atom is -0.369 e. The lowest BCUT2D eigenvalue weighted by Gasteiger charge is -2.41. The molecule has 0 bridgehead atoms. The molecule has 0 aliphatic carbocycles. The Morgan fingerprint density at radius 3 is 2.61 bits per heavy atom. The molecule has 1 aliphatic rings. The number of carbonyl (C=O) groups is 1. The van der Waals surface area contributed by atoms with E-state index in [9.17, 15) is 4.79 Å². The molecule has 0 aromatic heterocycles. The fraction of sp³-hybridized carbons (Fsp3) is 0.643. The standard InChI is InChI=1S/C14H24N2O2/c1-6-7-11(2)8-15-13(17)16-9-12(10-16)18-14(3,4)5/h6-7,12H,1,8-10H2,2-5H3,(H,15,17)/b11-7+. The smallest absolute Gasteiger partial charge is 0.317 e. The molecule has 0 saturated carbocycles. The summed E-state index contributed by atoms with van der Waals surface area (Å²) < 4.78 is 5.77. The molecule has 1 rings (SSSR count). The monoisotopic (exact) mass is 252 g/mol. The molecule has 4 heteroatoms. The largest absolute Gasteiger partial charge is 0.369 e. The summed E-state index contributed by atoms with van der Waals surface area (Å²) in [6.07, 6.45) is 3.78. The van der Waals surface area contributed by atoms with E-state index < -0.39 is 0 Å². The molecule has 1 heterocycles. The second kappa shape index (κ2) is 6.05. The third-order valence-electron chi connectivity index (χ3n) is 2.58. The first-order valence-electron chi connectivity index (χ1n) is 6.30. The van der Waals surface area contributed by atoms with Crippen molar-refractivity contribution in [1.29, 1.82) is 0 Å². The molecule has 102 valence electrons. The Morgan fingerprint density at radius 2 is 2.11 bits per heavy atom. The average Bonchev–Trinajstić information content (AvgIpc) is 2.18. The number of hydrogen-bond acceptors (Lipinski definition) is 2. The van der Waals surface area contributed by atoms with Crippen molar-refractivity contribution in [2.75, 3.05) is 19.6 Å². The maximum atomic E-state index is 11.8. The Balaban J connectivity index is 2.23. The molecule has 0 atom stereocenters. The highest BCUT2D eigenvalue weighted by Gasteiger charge is 2.33. The number of carbonyl (C=O) groups excluding carboxylic acids is 1. The third-order valence-corrected chi connectivity index (χ3v) is 2.58. The van der Waals surface area contributed by atoms with Crippen molar-refractivity contribution < 1.29 is 9.53 Å². The van der Waals surface area contributed by atoms with Crippen molar-refractivity contribution in [3.05, 3.63) is 24.3 Å². The van der Waals surface area contributed by atoms with Crippen LogP contribution in [-0.2, 0) is 4.74 Å². The lowest BCUT2D eigenvalue weighted by atomic mass is 10.1. The van der Waals surface area contributed by atoms with Gasteiger partial charge in [0.2, 0.25) is 0 Å². The van der Waals surface area contributed by atoms with Crippen LogP contribution in [0.2, 0.25) is 0 Å². The van der Waals surface area contributed by atoms with Gasteiger partial charge in [-0.1, -0.05) is 24.3 Å². The lowest BCUT2D eigenvalue weighted by molar-refractivity contribution is -0.111. The molecule has 0 aromatic carbocycles. The van der Waals surface area contributed by atoms with Gasteiger partial charge in [-0.15, -0.1) is 0 Å². The van der Waals surface area contributed by atoms with Gasteiger partial charge in [0, 0.05) is 6.54 Å². The minimum absolute atomic E-state index is 0.0272. The van der Waals surface area contributed by atoms with Crippen LogP contribution in [-0.4, -0.2) is 42.3 Å². The number of nitrogens with one attached hydrogen (secondary N) is 1. The SMILES string of the molecule is C=C/C=C(\C)CNC(=O)N1CC(OC(C)(C)C)C1. The van der Waals surface area contributed by atoms with E-state index in [2.05, 4.69) is 11.9 Å². The zero-order valence-electron chi connectivity index (χ0n) is 11.8. The molecule has 1 saturated heterocycles. The van der Waals surface area contributed by atoms with Crippen LogP contribution in [0.1, 0.15) is 27.7 Å². The summed E-state index contributed by atoms with van der Waals surface area (Å²) in [5.41, 5.74) is 0.942. The molecular formula is C14H24N2O2. The van der Waals surface area contributed by atoms with Gasteiger partial charge in [0.1, 0.15) is 0 Å². The molecule has 18 heavy (non-hydrogen) atoms. The number of ether oxygens (including phenoxy) is 1. The van der Waals surface area contributed by atoms with E-state index >= 15 is 0 Å². The summed E-state index contributed by atoms with van der Waals surface area (Å²) in [6, 6.07) is -0.0272. The fourth-order valence-electron chi connectivity index (χ4n) is 1.77. The summed E-state index contributed by atoms with van der Waals surface area (Å²) in [5.74, 6) is 0. The van der Waals surface area contributed by atoms with E-state index in [0.29, 0.717) is 19.6 Å². The van der Waals surface area contributed by atoms with Crippen LogP contribution in [0.25, 0.3) is 0 Å². The molecule has 0 spiro atoms. The van der Waals surface area contributed by atoms with Crippen molar-refractivity contribution in [2.24, 2.45) is 0 Å². The summed E-state index contributed by atoms with van der Waals surface area (Å²) in [4.78, 5) is 13.5. The van der Waals surface area contributed by atoms with Gasteiger partial charge in [-0.25, -0.2) is 4.79 Å². The highest BCUT2D eigenvalue weighted by atomic mass is 16.5. The van der Waals surface area contributed by atoms with E-state index in [4.69, 9.17) is 4.74 Å². The summed E-state index contributed by atoms with van der Waals surface area (Å²) in [6.45, 7) is 13.6. The normalized spacial score (nSPS) is 17.3. The predicted molar refractivity (Wildman–Crippen MR) is 73.6 cm³/mol. The van der Waals surface area contributed by atoms with E-state index in [1.54, 1.807) is 11.0 Å². The van der Waals surface area contributed by atoms with Gasteiger partial charge in [0.25, 0.3) is 0 Å². The van der Waals surface area contributed by atoms with Gasteiger partial charge in [0.15, 0.2) is 0 Å². The lowest BCUT2D eigenvalue weighted by Crippen LogP contribution is -2.59. The van der Waals surface area contributed by atoms with Gasteiger partial charge in [0.05, 0.1) is 24.8 Å². The number of hydrogen-bond donors (Lipinski definition) is 1. The molecule has 1 fully saturated rings. The Bertz CT molecular complexity index is 336. The zero-order chi connectivity index (χ0) is 13.8. The average molecular weight is 252 g/mol. The van der Waals surface area contributed by atoms with Gasteiger partial charge in [-0.3, -0.25) is 0 Å². The number of urea groups is 1. The first-order valence-corrected chi connectivity index (χ1v) is 6.30. The molecular weight excluding hydrogens is 228 g/mol. The maximum Gasteiger partial charge on any atom is 0.317 e. The summed E-state index contributed by atoms with van der Waals surface area (Å²) in [5, 5.41) is 2.87. The van der Waals surface area contributed by atoms with Crippen molar-refractivity contribution in [1.82, 2.24) is 10.2 Å². The van der Waals surface area contributed by atoms with Crippen molar-refractivity contribution >= 4 is 6.03 Å². The van der Waals surface area contributed by atoms with E-state index in [0.717, 1.165) is 5.57 Å². The van der Waals surface area contributed by atoms with Crippen LogP contribution in [0.15, 0.2) is 24.3 Å².